The summed E-state index contributed by atoms with van der Waals surface area (Å²) in [6, 6.07) is 0.611. The molecule has 11 heteroatoms. The fourth-order valence-electron chi connectivity index (χ4n) is 2.40. The topological polar surface area (TPSA) is 61.4 Å². The molecule has 24 heavy (non-hydrogen) atoms. The second kappa shape index (κ2) is 7.52. The van der Waals surface area contributed by atoms with Crippen LogP contribution in [0.1, 0.15) is 0 Å². The molecular formula is C13H16ClF4N3O2S. The number of hydrogen-bond acceptors (Lipinski definition) is 4. The first-order valence-corrected chi connectivity index (χ1v) is 8.93. The molecule has 2 N–H and O–H groups in total. The Morgan fingerprint density at radius 2 is 1.88 bits per heavy atom. The van der Waals surface area contributed by atoms with E-state index >= 15 is 0 Å². The van der Waals surface area contributed by atoms with Crippen molar-refractivity contribution >= 4 is 21.6 Å². The first-order chi connectivity index (χ1) is 11.1. The van der Waals surface area contributed by atoms with E-state index in [9.17, 15) is 26.0 Å². The fraction of sp³-hybridized carbons (Fsp3) is 0.538. The maximum atomic E-state index is 13.3. The van der Waals surface area contributed by atoms with Gasteiger partial charge < -0.3 is 5.32 Å². The summed E-state index contributed by atoms with van der Waals surface area (Å²) in [6.07, 6.45) is -4.60. The summed E-state index contributed by atoms with van der Waals surface area (Å²) in [4.78, 5) is 0.645. The minimum absolute atomic E-state index is 0.150. The van der Waals surface area contributed by atoms with Crippen molar-refractivity contribution in [3.63, 3.8) is 0 Å². The Morgan fingerprint density at radius 1 is 1.25 bits per heavy atom. The Labute approximate surface area is 142 Å². The summed E-state index contributed by atoms with van der Waals surface area (Å²) in [5.74, 6) is -0.891. The molecule has 1 saturated heterocycles. The minimum Gasteiger partial charge on any atom is -0.314 e. The molecule has 1 aliphatic rings. The first-order valence-electron chi connectivity index (χ1n) is 7.07. The molecule has 0 spiro atoms. The van der Waals surface area contributed by atoms with Gasteiger partial charge in [0.05, 0.1) is 4.90 Å². The third kappa shape index (κ3) is 5.03. The molecule has 0 aliphatic carbocycles. The van der Waals surface area contributed by atoms with Gasteiger partial charge in [0.1, 0.15) is 11.9 Å². The average Bonchev–Trinajstić information content (AvgIpc) is 2.46. The highest BCUT2D eigenvalue weighted by Crippen LogP contribution is 2.25. The van der Waals surface area contributed by atoms with Gasteiger partial charge in [-0.2, -0.15) is 13.2 Å². The highest BCUT2D eigenvalue weighted by atomic mass is 35.5. The van der Waals surface area contributed by atoms with E-state index in [0.29, 0.717) is 19.2 Å². The van der Waals surface area contributed by atoms with E-state index in [1.807, 2.05) is 4.72 Å². The number of piperazine rings is 1. The van der Waals surface area contributed by atoms with Gasteiger partial charge in [-0.1, -0.05) is 11.6 Å². The van der Waals surface area contributed by atoms with Crippen molar-refractivity contribution in [1.82, 2.24) is 14.9 Å². The second-order valence-electron chi connectivity index (χ2n) is 5.30. The minimum atomic E-state index is -4.60. The molecular weight excluding hydrogens is 374 g/mol. The molecule has 0 amide bonds. The van der Waals surface area contributed by atoms with E-state index in [0.717, 1.165) is 17.0 Å². The molecule has 1 unspecified atom stereocenters. The fourth-order valence-corrected chi connectivity index (χ4v) is 3.78. The van der Waals surface area contributed by atoms with Gasteiger partial charge in [0.15, 0.2) is 0 Å². The number of nitrogens with one attached hydrogen (secondary N) is 2. The van der Waals surface area contributed by atoms with Crippen LogP contribution >= 0.6 is 11.6 Å². The van der Waals surface area contributed by atoms with Gasteiger partial charge in [0, 0.05) is 37.7 Å². The number of sulfonamides is 1. The number of benzene rings is 1. The molecule has 1 atom stereocenters. The van der Waals surface area contributed by atoms with Crippen LogP contribution in [0.3, 0.4) is 0 Å². The average molecular weight is 390 g/mol. The summed E-state index contributed by atoms with van der Waals surface area (Å²) in [5, 5.41) is 2.77. The van der Waals surface area contributed by atoms with E-state index in [2.05, 4.69) is 5.32 Å². The van der Waals surface area contributed by atoms with Crippen LogP contribution in [0.4, 0.5) is 17.6 Å². The molecule has 0 radical (unpaired) electrons. The Balaban J connectivity index is 2.15. The van der Waals surface area contributed by atoms with Gasteiger partial charge in [0.25, 0.3) is 0 Å². The lowest BCUT2D eigenvalue weighted by molar-refractivity contribution is -0.182. The predicted octanol–water partition coefficient (Wildman–Crippen LogP) is 1.59. The third-order valence-electron chi connectivity index (χ3n) is 3.58. The maximum absolute atomic E-state index is 13.3. The van der Waals surface area contributed by atoms with Crippen LogP contribution in [0.2, 0.25) is 5.02 Å². The van der Waals surface area contributed by atoms with Gasteiger partial charge in [-0.25, -0.2) is 17.5 Å². The van der Waals surface area contributed by atoms with E-state index < -0.39 is 39.5 Å². The lowest BCUT2D eigenvalue weighted by Crippen LogP contribution is -2.57. The molecule has 1 fully saturated rings. The summed E-state index contributed by atoms with van der Waals surface area (Å²) in [5.41, 5.74) is 0. The van der Waals surface area contributed by atoms with Crippen LogP contribution in [-0.4, -0.2) is 58.3 Å². The van der Waals surface area contributed by atoms with Crippen molar-refractivity contribution in [3.8, 4) is 0 Å². The third-order valence-corrected chi connectivity index (χ3v) is 5.20. The van der Waals surface area contributed by atoms with Gasteiger partial charge in [-0.3, -0.25) is 4.90 Å². The molecule has 2 rings (SSSR count). The Morgan fingerprint density at radius 3 is 2.42 bits per heavy atom. The van der Waals surface area contributed by atoms with E-state index in [1.165, 1.54) is 0 Å². The molecule has 0 bridgehead atoms. The number of alkyl halides is 3. The van der Waals surface area contributed by atoms with Gasteiger partial charge >= 0.3 is 6.18 Å². The maximum Gasteiger partial charge on any atom is 0.405 e. The summed E-state index contributed by atoms with van der Waals surface area (Å²) in [6.45, 7) is 0.215. The Bertz CT molecular complexity index is 658. The number of hydrogen-bond donors (Lipinski definition) is 2. The molecule has 5 nitrogen and oxygen atoms in total. The van der Waals surface area contributed by atoms with Crippen molar-refractivity contribution in [1.29, 1.82) is 0 Å². The van der Waals surface area contributed by atoms with Gasteiger partial charge in [-0.15, -0.1) is 0 Å². The smallest absolute Gasteiger partial charge is 0.314 e. The van der Waals surface area contributed by atoms with Crippen molar-refractivity contribution < 1.29 is 26.0 Å². The van der Waals surface area contributed by atoms with Crippen LogP contribution in [0.15, 0.2) is 23.1 Å². The quantitative estimate of drug-likeness (QED) is 0.751. The molecule has 1 aliphatic heterocycles. The van der Waals surface area contributed by atoms with E-state index in [-0.39, 0.29) is 18.1 Å². The standard InChI is InChI=1S/C13H16ClF4N3O2S/c14-9-5-10(15)7-11(6-9)24(22,23)20-8-12(13(16,17)18)21-3-1-19-2-4-21/h5-7,12,19-20H,1-4,8H2. The van der Waals surface area contributed by atoms with Crippen LogP contribution in [0, 0.1) is 5.82 Å². The van der Waals surface area contributed by atoms with Crippen molar-refractivity contribution in [3.05, 3.63) is 29.0 Å². The monoisotopic (exact) mass is 389 g/mol. The molecule has 1 aromatic rings. The SMILES string of the molecule is O=S(=O)(NCC(N1CCNCC1)C(F)(F)F)c1cc(F)cc(Cl)c1. The number of rotatable bonds is 5. The van der Waals surface area contributed by atoms with Crippen LogP contribution in [0.5, 0.6) is 0 Å². The Hall–Kier alpha value is -0.940. The van der Waals surface area contributed by atoms with Crippen LogP contribution in [0.25, 0.3) is 0 Å². The highest BCUT2D eigenvalue weighted by molar-refractivity contribution is 7.89. The van der Waals surface area contributed by atoms with Crippen LogP contribution < -0.4 is 10.0 Å². The lowest BCUT2D eigenvalue weighted by Gasteiger charge is -2.35. The van der Waals surface area contributed by atoms with Crippen molar-refractivity contribution in [2.24, 2.45) is 0 Å². The van der Waals surface area contributed by atoms with Crippen LogP contribution in [-0.2, 0) is 10.0 Å². The molecule has 136 valence electrons. The summed E-state index contributed by atoms with van der Waals surface area (Å²) in [7, 11) is -4.32. The zero-order chi connectivity index (χ0) is 18.0. The molecule has 0 aromatic heterocycles. The summed E-state index contributed by atoms with van der Waals surface area (Å²) < 4.78 is 79.1. The Kier molecular flexibility index (Phi) is 6.08. The van der Waals surface area contributed by atoms with Crippen molar-refractivity contribution in [2.75, 3.05) is 32.7 Å². The van der Waals surface area contributed by atoms with Gasteiger partial charge in [0.2, 0.25) is 10.0 Å². The molecule has 1 aromatic carbocycles. The lowest BCUT2D eigenvalue weighted by atomic mass is 10.2. The second-order valence-corrected chi connectivity index (χ2v) is 7.50. The highest BCUT2D eigenvalue weighted by Gasteiger charge is 2.44. The van der Waals surface area contributed by atoms with Crippen molar-refractivity contribution in [2.45, 2.75) is 17.1 Å². The molecule has 1 heterocycles. The largest absolute Gasteiger partial charge is 0.405 e. The predicted molar refractivity (Wildman–Crippen MR) is 80.9 cm³/mol. The molecule has 0 saturated carbocycles. The van der Waals surface area contributed by atoms with Gasteiger partial charge in [-0.05, 0) is 18.2 Å². The summed E-state index contributed by atoms with van der Waals surface area (Å²) >= 11 is 5.59. The zero-order valence-electron chi connectivity index (χ0n) is 12.4. The zero-order valence-corrected chi connectivity index (χ0v) is 14.0. The van der Waals surface area contributed by atoms with E-state index in [1.54, 1.807) is 0 Å². The van der Waals surface area contributed by atoms with E-state index in [4.69, 9.17) is 11.6 Å². The normalized spacial score (nSPS) is 18.5. The first kappa shape index (κ1) is 19.4. The number of halogens is 5. The number of nitrogens with zero attached hydrogens (tertiary/aromatic N) is 1.